The number of aromatic nitrogens is 2. The number of nitrogens with zero attached hydrogens (tertiary/aromatic N) is 1. The number of H-pyrrole nitrogens is 1. The van der Waals surface area contributed by atoms with E-state index in [9.17, 15) is 4.79 Å². The number of halogens is 1. The van der Waals surface area contributed by atoms with Crippen LogP contribution in [0.2, 0.25) is 0 Å². The normalized spacial score (nSPS) is 19.9. The molecular formula is C10H15IN4O. The minimum atomic E-state index is -0.0827. The molecule has 1 atom stereocenters. The number of aromatic amines is 1. The van der Waals surface area contributed by atoms with Crippen LogP contribution in [0.4, 0.5) is 5.82 Å². The van der Waals surface area contributed by atoms with Crippen molar-refractivity contribution in [3.05, 3.63) is 20.3 Å². The van der Waals surface area contributed by atoms with Crippen LogP contribution in [0.15, 0.2) is 11.1 Å². The Bertz CT molecular complexity index is 400. The Morgan fingerprint density at radius 3 is 3.25 bits per heavy atom. The van der Waals surface area contributed by atoms with E-state index in [1.54, 1.807) is 0 Å². The van der Waals surface area contributed by atoms with Gasteiger partial charge in [-0.15, -0.1) is 0 Å². The molecule has 6 heteroatoms. The summed E-state index contributed by atoms with van der Waals surface area (Å²) in [4.78, 5) is 18.0. The molecule has 5 nitrogen and oxygen atoms in total. The lowest BCUT2D eigenvalue weighted by molar-refractivity contribution is 0.549. The molecule has 1 fully saturated rings. The van der Waals surface area contributed by atoms with E-state index in [2.05, 4.69) is 20.6 Å². The summed E-state index contributed by atoms with van der Waals surface area (Å²) < 4.78 is 0.629. The van der Waals surface area contributed by atoms with Crippen LogP contribution < -0.4 is 16.2 Å². The van der Waals surface area contributed by atoms with Gasteiger partial charge in [0.15, 0.2) is 0 Å². The van der Waals surface area contributed by atoms with Crippen LogP contribution in [0.5, 0.6) is 0 Å². The van der Waals surface area contributed by atoms with Gasteiger partial charge in [-0.3, -0.25) is 4.79 Å². The van der Waals surface area contributed by atoms with E-state index < -0.39 is 0 Å². The van der Waals surface area contributed by atoms with E-state index >= 15 is 0 Å². The molecule has 0 spiro atoms. The Balaban J connectivity index is 1.84. The number of hydrogen-bond acceptors (Lipinski definition) is 4. The lowest BCUT2D eigenvalue weighted by Crippen LogP contribution is -2.17. The monoisotopic (exact) mass is 334 g/mol. The lowest BCUT2D eigenvalue weighted by atomic mass is 10.1. The number of nitrogens with one attached hydrogen (secondary N) is 3. The maximum Gasteiger partial charge on any atom is 0.266 e. The molecule has 16 heavy (non-hydrogen) atoms. The molecule has 88 valence electrons. The van der Waals surface area contributed by atoms with Crippen molar-refractivity contribution in [1.82, 2.24) is 15.3 Å². The highest BCUT2D eigenvalue weighted by atomic mass is 127. The summed E-state index contributed by atoms with van der Waals surface area (Å²) >= 11 is 2.01. The summed E-state index contributed by atoms with van der Waals surface area (Å²) in [6.07, 6.45) is 3.81. The van der Waals surface area contributed by atoms with Crippen LogP contribution in [0.1, 0.15) is 12.8 Å². The highest BCUT2D eigenvalue weighted by Crippen LogP contribution is 2.13. The van der Waals surface area contributed by atoms with Crippen molar-refractivity contribution in [2.24, 2.45) is 5.92 Å². The molecule has 0 amide bonds. The molecule has 1 unspecified atom stereocenters. The molecule has 0 bridgehead atoms. The molecule has 0 saturated carbocycles. The Morgan fingerprint density at radius 1 is 1.62 bits per heavy atom. The van der Waals surface area contributed by atoms with Crippen molar-refractivity contribution < 1.29 is 0 Å². The second kappa shape index (κ2) is 5.62. The molecule has 1 aromatic rings. The fourth-order valence-electron chi connectivity index (χ4n) is 1.86. The first-order valence-electron chi connectivity index (χ1n) is 5.45. The average Bonchev–Trinajstić information content (AvgIpc) is 2.77. The average molecular weight is 334 g/mol. The molecule has 1 aliphatic heterocycles. The summed E-state index contributed by atoms with van der Waals surface area (Å²) in [5, 5.41) is 6.56. The Kier molecular flexibility index (Phi) is 4.16. The van der Waals surface area contributed by atoms with Crippen molar-refractivity contribution in [2.45, 2.75) is 12.8 Å². The van der Waals surface area contributed by atoms with Crippen molar-refractivity contribution >= 4 is 28.4 Å². The topological polar surface area (TPSA) is 69.8 Å². The zero-order chi connectivity index (χ0) is 11.4. The predicted molar refractivity (Wildman–Crippen MR) is 71.7 cm³/mol. The molecule has 1 aliphatic rings. The summed E-state index contributed by atoms with van der Waals surface area (Å²) in [5.41, 5.74) is -0.0827. The minimum Gasteiger partial charge on any atom is -0.369 e. The van der Waals surface area contributed by atoms with Gasteiger partial charge >= 0.3 is 0 Å². The van der Waals surface area contributed by atoms with Crippen molar-refractivity contribution in [3.8, 4) is 0 Å². The molecular weight excluding hydrogens is 319 g/mol. The standard InChI is InChI=1S/C10H15IN4O/c11-8-9(14-6-15-10(8)16)13-4-2-7-1-3-12-5-7/h6-7,12H,1-5H2,(H2,13,14,15,16). The lowest BCUT2D eigenvalue weighted by Gasteiger charge is -2.10. The van der Waals surface area contributed by atoms with Crippen LogP contribution >= 0.6 is 22.6 Å². The van der Waals surface area contributed by atoms with Crippen molar-refractivity contribution in [2.75, 3.05) is 25.0 Å². The highest BCUT2D eigenvalue weighted by Gasteiger charge is 2.14. The predicted octanol–water partition coefficient (Wildman–Crippen LogP) is 0.786. The molecule has 0 radical (unpaired) electrons. The maximum absolute atomic E-state index is 11.3. The molecule has 0 aromatic carbocycles. The van der Waals surface area contributed by atoms with Gasteiger partial charge in [-0.25, -0.2) is 4.98 Å². The maximum atomic E-state index is 11.3. The van der Waals surface area contributed by atoms with Crippen LogP contribution in [0.25, 0.3) is 0 Å². The van der Waals surface area contributed by atoms with E-state index in [1.807, 2.05) is 22.6 Å². The molecule has 1 saturated heterocycles. The van der Waals surface area contributed by atoms with Gasteiger partial charge in [-0.1, -0.05) is 0 Å². The molecule has 0 aliphatic carbocycles. The van der Waals surface area contributed by atoms with Gasteiger partial charge in [0.1, 0.15) is 9.39 Å². The van der Waals surface area contributed by atoms with Gasteiger partial charge in [0, 0.05) is 6.54 Å². The number of anilines is 1. The molecule has 1 aromatic heterocycles. The third kappa shape index (κ3) is 2.94. The Hall–Kier alpha value is -0.630. The van der Waals surface area contributed by atoms with E-state index in [4.69, 9.17) is 0 Å². The summed E-state index contributed by atoms with van der Waals surface area (Å²) in [6, 6.07) is 0. The van der Waals surface area contributed by atoms with E-state index in [0.717, 1.165) is 32.0 Å². The van der Waals surface area contributed by atoms with E-state index in [1.165, 1.54) is 12.7 Å². The second-order valence-electron chi connectivity index (χ2n) is 3.97. The zero-order valence-electron chi connectivity index (χ0n) is 8.92. The molecule has 3 N–H and O–H groups in total. The second-order valence-corrected chi connectivity index (χ2v) is 5.05. The first kappa shape index (κ1) is 11.8. The van der Waals surface area contributed by atoms with Gasteiger partial charge in [-0.05, 0) is 54.4 Å². The Labute approximate surface area is 108 Å². The van der Waals surface area contributed by atoms with Crippen molar-refractivity contribution in [1.29, 1.82) is 0 Å². The van der Waals surface area contributed by atoms with Crippen LogP contribution in [0.3, 0.4) is 0 Å². The fourth-order valence-corrected chi connectivity index (χ4v) is 2.35. The van der Waals surface area contributed by atoms with Crippen LogP contribution in [-0.4, -0.2) is 29.6 Å². The smallest absolute Gasteiger partial charge is 0.266 e. The van der Waals surface area contributed by atoms with Gasteiger partial charge in [0.25, 0.3) is 5.56 Å². The van der Waals surface area contributed by atoms with Crippen LogP contribution in [-0.2, 0) is 0 Å². The molecule has 2 rings (SSSR count). The Morgan fingerprint density at radius 2 is 2.50 bits per heavy atom. The highest BCUT2D eigenvalue weighted by molar-refractivity contribution is 14.1. The van der Waals surface area contributed by atoms with Gasteiger partial charge in [-0.2, -0.15) is 0 Å². The van der Waals surface area contributed by atoms with Crippen LogP contribution in [0, 0.1) is 9.49 Å². The SMILES string of the molecule is O=c1[nH]cnc(NCCC2CCNC2)c1I. The largest absolute Gasteiger partial charge is 0.369 e. The first-order chi connectivity index (χ1) is 7.77. The van der Waals surface area contributed by atoms with Crippen molar-refractivity contribution in [3.63, 3.8) is 0 Å². The van der Waals surface area contributed by atoms with E-state index in [0.29, 0.717) is 9.39 Å². The molecule has 2 heterocycles. The van der Waals surface area contributed by atoms with Gasteiger partial charge in [0.05, 0.1) is 6.33 Å². The number of hydrogen-bond donors (Lipinski definition) is 3. The van der Waals surface area contributed by atoms with Gasteiger partial charge in [0.2, 0.25) is 0 Å². The third-order valence-electron chi connectivity index (χ3n) is 2.80. The van der Waals surface area contributed by atoms with Gasteiger partial charge < -0.3 is 15.6 Å². The summed E-state index contributed by atoms with van der Waals surface area (Å²) in [7, 11) is 0. The minimum absolute atomic E-state index is 0.0827. The first-order valence-corrected chi connectivity index (χ1v) is 6.53. The zero-order valence-corrected chi connectivity index (χ0v) is 11.1. The summed E-state index contributed by atoms with van der Waals surface area (Å²) in [5.74, 6) is 1.45. The van der Waals surface area contributed by atoms with E-state index in [-0.39, 0.29) is 5.56 Å². The number of rotatable bonds is 4. The third-order valence-corrected chi connectivity index (χ3v) is 3.80. The summed E-state index contributed by atoms with van der Waals surface area (Å²) in [6.45, 7) is 3.12. The fraction of sp³-hybridized carbons (Fsp3) is 0.600. The quantitative estimate of drug-likeness (QED) is 0.712.